The van der Waals surface area contributed by atoms with Crippen LogP contribution in [0.3, 0.4) is 0 Å². The van der Waals surface area contributed by atoms with Crippen LogP contribution < -0.4 is 5.32 Å². The fraction of sp³-hybridized carbons (Fsp3) is 0.636. The molecule has 0 spiro atoms. The second kappa shape index (κ2) is 4.93. The smallest absolute Gasteiger partial charge is 0.229 e. The molecule has 1 amide bonds. The lowest BCUT2D eigenvalue weighted by atomic mass is 10.3. The summed E-state index contributed by atoms with van der Waals surface area (Å²) in [5, 5.41) is 4.18. The standard InChI is InChI=1S/C11H17N3OS/c1-8-9(2)16-10(13-8)7-11(15)14-5-3-12-4-6-14/h12H,3-7H2,1-2H3. The summed E-state index contributed by atoms with van der Waals surface area (Å²) in [6, 6.07) is 0. The van der Waals surface area contributed by atoms with Gasteiger partial charge in [-0.25, -0.2) is 4.98 Å². The van der Waals surface area contributed by atoms with E-state index < -0.39 is 0 Å². The Labute approximate surface area is 99.7 Å². The van der Waals surface area contributed by atoms with Crippen molar-refractivity contribution in [1.29, 1.82) is 0 Å². The van der Waals surface area contributed by atoms with Gasteiger partial charge in [0.15, 0.2) is 0 Å². The summed E-state index contributed by atoms with van der Waals surface area (Å²) in [4.78, 5) is 19.5. The Morgan fingerprint density at radius 3 is 2.69 bits per heavy atom. The van der Waals surface area contributed by atoms with E-state index in [2.05, 4.69) is 10.3 Å². The van der Waals surface area contributed by atoms with Gasteiger partial charge >= 0.3 is 0 Å². The van der Waals surface area contributed by atoms with Gasteiger partial charge in [-0.1, -0.05) is 0 Å². The molecule has 1 aromatic heterocycles. The predicted molar refractivity (Wildman–Crippen MR) is 64.7 cm³/mol. The van der Waals surface area contributed by atoms with Crippen molar-refractivity contribution in [3.05, 3.63) is 15.6 Å². The van der Waals surface area contributed by atoms with E-state index >= 15 is 0 Å². The SMILES string of the molecule is Cc1nc(CC(=O)N2CCNCC2)sc1C. The minimum absolute atomic E-state index is 0.204. The van der Waals surface area contributed by atoms with Gasteiger partial charge in [0.25, 0.3) is 0 Å². The maximum Gasteiger partial charge on any atom is 0.229 e. The molecule has 4 nitrogen and oxygen atoms in total. The van der Waals surface area contributed by atoms with Crippen LogP contribution in [0.15, 0.2) is 0 Å². The lowest BCUT2D eigenvalue weighted by molar-refractivity contribution is -0.131. The van der Waals surface area contributed by atoms with Crippen LogP contribution in [0.5, 0.6) is 0 Å². The van der Waals surface area contributed by atoms with Crippen LogP contribution in [-0.2, 0) is 11.2 Å². The summed E-state index contributed by atoms with van der Waals surface area (Å²) in [6.07, 6.45) is 0.458. The fourth-order valence-corrected chi connectivity index (χ4v) is 2.70. The molecule has 0 radical (unpaired) electrons. The Morgan fingerprint density at radius 1 is 1.44 bits per heavy atom. The molecule has 0 unspecified atom stereocenters. The van der Waals surface area contributed by atoms with Crippen molar-refractivity contribution in [2.45, 2.75) is 20.3 Å². The van der Waals surface area contributed by atoms with E-state index in [1.54, 1.807) is 11.3 Å². The van der Waals surface area contributed by atoms with Gasteiger partial charge in [0, 0.05) is 31.1 Å². The van der Waals surface area contributed by atoms with E-state index in [0.717, 1.165) is 36.9 Å². The van der Waals surface area contributed by atoms with Gasteiger partial charge < -0.3 is 10.2 Å². The summed E-state index contributed by atoms with van der Waals surface area (Å²) in [7, 11) is 0. The average molecular weight is 239 g/mol. The maximum atomic E-state index is 12.0. The maximum absolute atomic E-state index is 12.0. The number of aromatic nitrogens is 1. The first kappa shape index (κ1) is 11.5. The molecule has 2 heterocycles. The molecular weight excluding hydrogens is 222 g/mol. The minimum atomic E-state index is 0.204. The summed E-state index contributed by atoms with van der Waals surface area (Å²) < 4.78 is 0. The van der Waals surface area contributed by atoms with Crippen molar-refractivity contribution in [3.8, 4) is 0 Å². The van der Waals surface area contributed by atoms with Crippen LogP contribution in [-0.4, -0.2) is 42.0 Å². The number of carbonyl (C=O) groups excluding carboxylic acids is 1. The molecular formula is C11H17N3OS. The number of thiazole rings is 1. The molecule has 2 rings (SSSR count). The van der Waals surface area contributed by atoms with Crippen LogP contribution in [0.2, 0.25) is 0 Å². The number of rotatable bonds is 2. The minimum Gasteiger partial charge on any atom is -0.340 e. The normalized spacial score (nSPS) is 16.5. The first-order valence-electron chi connectivity index (χ1n) is 5.58. The molecule has 1 aliphatic rings. The Bertz CT molecular complexity index is 363. The number of piperazine rings is 1. The molecule has 1 saturated heterocycles. The molecule has 0 aromatic carbocycles. The van der Waals surface area contributed by atoms with Gasteiger partial charge in [0.05, 0.1) is 12.1 Å². The van der Waals surface area contributed by atoms with Crippen molar-refractivity contribution in [2.75, 3.05) is 26.2 Å². The second-order valence-corrected chi connectivity index (χ2v) is 5.34. The Kier molecular flexibility index (Phi) is 3.56. The van der Waals surface area contributed by atoms with Crippen LogP contribution >= 0.6 is 11.3 Å². The van der Waals surface area contributed by atoms with Gasteiger partial charge in [-0.2, -0.15) is 0 Å². The Morgan fingerprint density at radius 2 is 2.12 bits per heavy atom. The van der Waals surface area contributed by atoms with Gasteiger partial charge in [0.2, 0.25) is 5.91 Å². The van der Waals surface area contributed by atoms with E-state index in [0.29, 0.717) is 6.42 Å². The summed E-state index contributed by atoms with van der Waals surface area (Å²) in [5.41, 5.74) is 1.05. The zero-order valence-electron chi connectivity index (χ0n) is 9.75. The molecule has 1 aromatic rings. The quantitative estimate of drug-likeness (QED) is 0.827. The number of carbonyl (C=O) groups is 1. The van der Waals surface area contributed by atoms with Crippen molar-refractivity contribution in [3.63, 3.8) is 0 Å². The molecule has 88 valence electrons. The van der Waals surface area contributed by atoms with Crippen molar-refractivity contribution in [1.82, 2.24) is 15.2 Å². The number of hydrogen-bond acceptors (Lipinski definition) is 4. The monoisotopic (exact) mass is 239 g/mol. The van der Waals surface area contributed by atoms with E-state index in [1.807, 2.05) is 18.7 Å². The van der Waals surface area contributed by atoms with E-state index in [-0.39, 0.29) is 5.91 Å². The number of nitrogens with one attached hydrogen (secondary N) is 1. The first-order valence-corrected chi connectivity index (χ1v) is 6.40. The molecule has 0 aliphatic carbocycles. The largest absolute Gasteiger partial charge is 0.340 e. The molecule has 0 bridgehead atoms. The van der Waals surface area contributed by atoms with Crippen LogP contribution in [0, 0.1) is 13.8 Å². The van der Waals surface area contributed by atoms with Crippen LogP contribution in [0.1, 0.15) is 15.6 Å². The number of aryl methyl sites for hydroxylation is 2. The third-order valence-corrected chi connectivity index (χ3v) is 3.92. The van der Waals surface area contributed by atoms with Crippen molar-refractivity contribution < 1.29 is 4.79 Å². The van der Waals surface area contributed by atoms with Crippen molar-refractivity contribution in [2.24, 2.45) is 0 Å². The number of amides is 1. The van der Waals surface area contributed by atoms with E-state index in [4.69, 9.17) is 0 Å². The molecule has 5 heteroatoms. The predicted octanol–water partition coefficient (Wildman–Crippen LogP) is 0.734. The van der Waals surface area contributed by atoms with Crippen LogP contribution in [0.4, 0.5) is 0 Å². The highest BCUT2D eigenvalue weighted by Crippen LogP contribution is 2.17. The second-order valence-electron chi connectivity index (χ2n) is 4.06. The Balaban J connectivity index is 1.95. The van der Waals surface area contributed by atoms with Gasteiger partial charge in [-0.15, -0.1) is 11.3 Å². The van der Waals surface area contributed by atoms with Crippen molar-refractivity contribution >= 4 is 17.2 Å². The van der Waals surface area contributed by atoms with E-state index in [1.165, 1.54) is 4.88 Å². The highest BCUT2D eigenvalue weighted by Gasteiger charge is 2.17. The first-order chi connectivity index (χ1) is 7.66. The lowest BCUT2D eigenvalue weighted by Crippen LogP contribution is -2.46. The number of nitrogens with zero attached hydrogens (tertiary/aromatic N) is 2. The fourth-order valence-electron chi connectivity index (χ4n) is 1.77. The topological polar surface area (TPSA) is 45.2 Å². The molecule has 1 aliphatic heterocycles. The zero-order valence-corrected chi connectivity index (χ0v) is 10.6. The van der Waals surface area contributed by atoms with Gasteiger partial charge in [0.1, 0.15) is 5.01 Å². The summed E-state index contributed by atoms with van der Waals surface area (Å²) in [6.45, 7) is 7.49. The van der Waals surface area contributed by atoms with Gasteiger partial charge in [-0.05, 0) is 13.8 Å². The summed E-state index contributed by atoms with van der Waals surface area (Å²) >= 11 is 1.63. The third kappa shape index (κ3) is 2.59. The lowest BCUT2D eigenvalue weighted by Gasteiger charge is -2.27. The summed E-state index contributed by atoms with van der Waals surface area (Å²) in [5.74, 6) is 0.204. The average Bonchev–Trinajstić information content (AvgIpc) is 2.59. The highest BCUT2D eigenvalue weighted by molar-refractivity contribution is 7.11. The molecule has 0 atom stereocenters. The number of hydrogen-bond donors (Lipinski definition) is 1. The van der Waals surface area contributed by atoms with E-state index in [9.17, 15) is 4.79 Å². The third-order valence-electron chi connectivity index (χ3n) is 2.84. The highest BCUT2D eigenvalue weighted by atomic mass is 32.1. The molecule has 16 heavy (non-hydrogen) atoms. The van der Waals surface area contributed by atoms with Crippen LogP contribution in [0.25, 0.3) is 0 Å². The molecule has 1 N–H and O–H groups in total. The zero-order chi connectivity index (χ0) is 11.5. The molecule has 1 fully saturated rings. The Hall–Kier alpha value is -0.940. The van der Waals surface area contributed by atoms with Gasteiger partial charge in [-0.3, -0.25) is 4.79 Å². The molecule has 0 saturated carbocycles.